The fraction of sp³-hybridized carbons (Fsp3) is 0.558. The smallest absolute Gasteiger partial charge is 0.329 e. The molecule has 2 aromatic rings. The van der Waals surface area contributed by atoms with Crippen molar-refractivity contribution in [3.8, 4) is 11.5 Å². The monoisotopic (exact) mass is 871 g/mol. The van der Waals surface area contributed by atoms with Gasteiger partial charge in [-0.2, -0.15) is 0 Å². The number of hydrogen-bond acceptors (Lipinski definition) is 10. The van der Waals surface area contributed by atoms with Crippen LogP contribution in [0.3, 0.4) is 0 Å². The predicted octanol–water partition coefficient (Wildman–Crippen LogP) is 3.77. The molecule has 0 aliphatic carbocycles. The number of fused-ring (bicyclic) bond motifs is 4. The number of nitrogens with one attached hydrogen (secondary N) is 4. The number of cyclic esters (lactones) is 1. The van der Waals surface area contributed by atoms with Gasteiger partial charge in [0, 0.05) is 44.5 Å². The van der Waals surface area contributed by atoms with Gasteiger partial charge in [0.25, 0.3) is 0 Å². The summed E-state index contributed by atoms with van der Waals surface area (Å²) in [6.45, 7) is 10.4. The first kappa shape index (κ1) is 48.7. The summed E-state index contributed by atoms with van der Waals surface area (Å²) < 4.78 is 40.2. The molecule has 0 bridgehead atoms. The molecule has 340 valence electrons. The second-order valence-corrected chi connectivity index (χ2v) is 15.2. The van der Waals surface area contributed by atoms with E-state index in [-0.39, 0.29) is 49.3 Å². The summed E-state index contributed by atoms with van der Waals surface area (Å²) in [4.78, 5) is 92.5. The topological polar surface area (TPSA) is 205 Å². The highest BCUT2D eigenvalue weighted by atomic mass is 19.1. The fourth-order valence-corrected chi connectivity index (χ4v) is 7.65. The van der Waals surface area contributed by atoms with Gasteiger partial charge in [0.2, 0.25) is 36.3 Å². The molecule has 0 spiro atoms. The quantitative estimate of drug-likeness (QED) is 0.329. The third-order valence-electron chi connectivity index (χ3n) is 10.6. The number of likely N-dealkylation sites (N-methyl/N-ethyl adjacent to an activating group) is 1. The Balaban J connectivity index is 0.000000242. The van der Waals surface area contributed by atoms with E-state index >= 15 is 0 Å². The zero-order valence-electron chi connectivity index (χ0n) is 36.2. The first-order chi connectivity index (χ1) is 29.6. The number of halogens is 2. The van der Waals surface area contributed by atoms with E-state index in [0.29, 0.717) is 74.5 Å². The maximum atomic E-state index is 13.5. The van der Waals surface area contributed by atoms with Gasteiger partial charge in [0.1, 0.15) is 41.9 Å². The molecule has 4 fully saturated rings. The average Bonchev–Trinajstić information content (AvgIpc) is 4.04. The molecule has 0 aromatic heterocycles. The van der Waals surface area contributed by atoms with Crippen molar-refractivity contribution in [3.63, 3.8) is 0 Å². The zero-order chi connectivity index (χ0) is 45.5. The number of aryl methyl sites for hydroxylation is 1. The average molecular weight is 872 g/mol. The second kappa shape index (κ2) is 23.3. The fourth-order valence-electron chi connectivity index (χ4n) is 7.65. The number of hydrogen-bond donors (Lipinski definition) is 4. The van der Waals surface area contributed by atoms with Crippen molar-refractivity contribution in [3.05, 3.63) is 53.6 Å². The summed E-state index contributed by atoms with van der Waals surface area (Å²) in [6, 6.07) is 5.20. The van der Waals surface area contributed by atoms with Crippen LogP contribution in [0, 0.1) is 18.6 Å². The van der Waals surface area contributed by atoms with E-state index in [1.807, 2.05) is 13.8 Å². The lowest BCUT2D eigenvalue weighted by Gasteiger charge is -2.38. The maximum absolute atomic E-state index is 13.5. The predicted molar refractivity (Wildman–Crippen MR) is 223 cm³/mol. The number of ether oxygens (including phenoxy) is 3. The van der Waals surface area contributed by atoms with E-state index in [1.165, 1.54) is 24.1 Å². The first-order valence-corrected chi connectivity index (χ1v) is 21.1. The van der Waals surface area contributed by atoms with Gasteiger partial charge in [-0.3, -0.25) is 24.0 Å². The molecule has 4 saturated heterocycles. The Morgan fingerprint density at radius 2 is 1.39 bits per heavy atom. The van der Waals surface area contributed by atoms with E-state index in [0.717, 1.165) is 18.9 Å². The van der Waals surface area contributed by atoms with Gasteiger partial charge in [-0.25, -0.2) is 18.4 Å². The molecular formula is C43H59F2N7O10. The van der Waals surface area contributed by atoms with Gasteiger partial charge in [-0.15, -0.1) is 0 Å². The molecule has 2 aromatic carbocycles. The van der Waals surface area contributed by atoms with E-state index < -0.39 is 53.9 Å². The number of piperidine rings is 1. The maximum Gasteiger partial charge on any atom is 0.329 e. The van der Waals surface area contributed by atoms with Crippen molar-refractivity contribution < 1.29 is 56.6 Å². The van der Waals surface area contributed by atoms with E-state index in [1.54, 1.807) is 48.8 Å². The van der Waals surface area contributed by atoms with E-state index in [2.05, 4.69) is 21.3 Å². The van der Waals surface area contributed by atoms with Gasteiger partial charge < -0.3 is 50.2 Å². The van der Waals surface area contributed by atoms with Crippen LogP contribution in [0.5, 0.6) is 11.5 Å². The Bertz CT molecular complexity index is 1890. The van der Waals surface area contributed by atoms with Gasteiger partial charge in [0.05, 0.1) is 13.0 Å². The van der Waals surface area contributed by atoms with Crippen molar-refractivity contribution in [1.82, 2.24) is 30.7 Å². The van der Waals surface area contributed by atoms with E-state index in [9.17, 15) is 42.3 Å². The van der Waals surface area contributed by atoms with Crippen LogP contribution in [0.25, 0.3) is 0 Å². The highest BCUT2D eigenvalue weighted by Crippen LogP contribution is 2.34. The van der Waals surface area contributed by atoms with Crippen molar-refractivity contribution in [1.29, 1.82) is 0 Å². The molecule has 7 amide bonds. The van der Waals surface area contributed by atoms with Crippen molar-refractivity contribution >= 4 is 47.2 Å². The number of anilines is 1. The van der Waals surface area contributed by atoms with Gasteiger partial charge in [-0.1, -0.05) is 13.8 Å². The minimum Gasteiger partial charge on any atom is -0.461 e. The molecule has 4 N–H and O–H groups in total. The van der Waals surface area contributed by atoms with Crippen LogP contribution in [0.2, 0.25) is 0 Å². The lowest BCUT2D eigenvalue weighted by molar-refractivity contribution is -0.160. The summed E-state index contributed by atoms with van der Waals surface area (Å²) in [5.41, 5.74) is 1.17. The zero-order valence-corrected chi connectivity index (χ0v) is 36.2. The van der Waals surface area contributed by atoms with Crippen LogP contribution in [0.1, 0.15) is 84.6 Å². The summed E-state index contributed by atoms with van der Waals surface area (Å²) in [5.74, 6) is -1.76. The highest BCUT2D eigenvalue weighted by Gasteiger charge is 2.43. The normalized spacial score (nSPS) is 23.3. The van der Waals surface area contributed by atoms with Gasteiger partial charge in [-0.05, 0) is 95.5 Å². The van der Waals surface area contributed by atoms with Gasteiger partial charge >= 0.3 is 12.0 Å². The SMILES string of the molecule is CC.CC1CC(=O)N2CCCC2C(=O)N2CCCCC2C(=O)NC(C)C(=O)N2CCCC2C(=O)O1.CNC(=O)CNC(=O)Nc1ccc2c(c1)OCO2.Cc1cc(F)cc(F)c1. The van der Waals surface area contributed by atoms with Crippen LogP contribution in [0.15, 0.2) is 36.4 Å². The van der Waals surface area contributed by atoms with Crippen LogP contribution in [0.4, 0.5) is 19.3 Å². The van der Waals surface area contributed by atoms with Crippen molar-refractivity contribution in [2.24, 2.45) is 0 Å². The van der Waals surface area contributed by atoms with Crippen LogP contribution in [-0.4, -0.2) is 127 Å². The minimum absolute atomic E-state index is 0.0174. The molecule has 0 radical (unpaired) electrons. The molecule has 17 nitrogen and oxygen atoms in total. The first-order valence-electron chi connectivity index (χ1n) is 21.1. The highest BCUT2D eigenvalue weighted by molar-refractivity contribution is 5.96. The lowest BCUT2D eigenvalue weighted by Crippen LogP contribution is -2.59. The third-order valence-corrected chi connectivity index (χ3v) is 10.6. The standard InChI is InChI=1S/C23H34N4O6.C11H13N3O4.C7H6F2.C2H6/c1-14-13-19(28)25-11-5-8-17(25)22(31)26-10-4-3-7-16(26)20(29)24-15(2)21(30)27-12-6-9-18(27)23(32)33-14;1-12-10(15)5-13-11(16)14-7-2-3-8-9(4-7)18-6-17-8;1-5-2-6(8)4-7(9)3-5;1-2/h14-18H,3-13H2,1-2H3,(H,24,29);2-4H,5-6H2,1H3,(H,12,15)(H2,13,14,16);2-4H,1H3;1-2H3. The summed E-state index contributed by atoms with van der Waals surface area (Å²) >= 11 is 0. The molecule has 62 heavy (non-hydrogen) atoms. The molecule has 5 atom stereocenters. The number of urea groups is 1. The number of rotatable bonds is 3. The molecule has 5 unspecified atom stereocenters. The summed E-state index contributed by atoms with van der Waals surface area (Å²) in [6.07, 6.45) is 3.88. The molecule has 0 saturated carbocycles. The molecule has 7 rings (SSSR count). The molecule has 5 aliphatic heterocycles. The Kier molecular flexibility index (Phi) is 18.3. The Hall–Kier alpha value is -6.01. The number of nitrogens with zero attached hydrogens (tertiary/aromatic N) is 3. The Morgan fingerprint density at radius 1 is 0.774 bits per heavy atom. The summed E-state index contributed by atoms with van der Waals surface area (Å²) in [7, 11) is 1.50. The molecule has 5 heterocycles. The minimum atomic E-state index is -0.820. The number of carbonyl (C=O) groups is 7. The second-order valence-electron chi connectivity index (χ2n) is 15.2. The summed E-state index contributed by atoms with van der Waals surface area (Å²) in [5, 5.41) is 10.2. The molecule has 19 heteroatoms. The van der Waals surface area contributed by atoms with Crippen LogP contribution >= 0.6 is 0 Å². The Morgan fingerprint density at radius 3 is 2.06 bits per heavy atom. The number of amides is 7. The van der Waals surface area contributed by atoms with Crippen molar-refractivity contribution in [2.45, 2.75) is 116 Å². The van der Waals surface area contributed by atoms with Crippen LogP contribution in [-0.2, 0) is 33.5 Å². The van der Waals surface area contributed by atoms with Gasteiger partial charge in [0.15, 0.2) is 11.5 Å². The Labute approximate surface area is 360 Å². The largest absolute Gasteiger partial charge is 0.461 e. The molecular weight excluding hydrogens is 813 g/mol. The number of carbonyl (C=O) groups excluding carboxylic acids is 7. The molecule has 5 aliphatic rings. The van der Waals surface area contributed by atoms with E-state index in [4.69, 9.17) is 14.2 Å². The number of esters is 1. The lowest BCUT2D eigenvalue weighted by atomic mass is 9.99. The van der Waals surface area contributed by atoms with Crippen LogP contribution < -0.4 is 30.7 Å². The third kappa shape index (κ3) is 13.2. The van der Waals surface area contributed by atoms with Crippen molar-refractivity contribution in [2.75, 3.05) is 45.3 Å². The number of benzene rings is 2.